The molecule has 3 nitrogen and oxygen atoms in total. The van der Waals surface area contributed by atoms with Crippen molar-refractivity contribution in [3.8, 4) is 0 Å². The third kappa shape index (κ3) is 2.58. The largest absolute Gasteiger partial charge is 0.407 e. The van der Waals surface area contributed by atoms with Crippen molar-refractivity contribution in [1.82, 2.24) is 0 Å². The van der Waals surface area contributed by atoms with Gasteiger partial charge in [-0.1, -0.05) is 26.0 Å². The predicted octanol–water partition coefficient (Wildman–Crippen LogP) is 2.78. The number of halogens is 1. The lowest BCUT2D eigenvalue weighted by Crippen LogP contribution is -2.09. The lowest BCUT2D eigenvalue weighted by atomic mass is 10.2. The van der Waals surface area contributed by atoms with E-state index in [4.69, 9.17) is 4.74 Å². The molecule has 0 spiro atoms. The van der Waals surface area contributed by atoms with Crippen LogP contribution in [0.2, 0.25) is 0 Å². The second-order valence-corrected chi connectivity index (χ2v) is 4.08. The molecule has 0 aliphatic carbocycles. The Kier molecular flexibility index (Phi) is 3.04. The average Bonchev–Trinajstić information content (AvgIpc) is 2.61. The minimum Gasteiger partial charge on any atom is -0.407 e. The van der Waals surface area contributed by atoms with Gasteiger partial charge in [-0.2, -0.15) is 0 Å². The fourth-order valence-electron chi connectivity index (χ4n) is 1.43. The van der Waals surface area contributed by atoms with Gasteiger partial charge in [-0.15, -0.1) is 0 Å². The van der Waals surface area contributed by atoms with E-state index < -0.39 is 5.97 Å². The highest BCUT2D eigenvalue weighted by Gasteiger charge is 2.24. The molecule has 4 heteroatoms. The van der Waals surface area contributed by atoms with Gasteiger partial charge in [-0.05, 0) is 23.8 Å². The van der Waals surface area contributed by atoms with Crippen molar-refractivity contribution in [3.63, 3.8) is 0 Å². The van der Waals surface area contributed by atoms with Crippen LogP contribution in [0.25, 0.3) is 6.08 Å². The quantitative estimate of drug-likeness (QED) is 0.582. The standard InChI is InChI=1S/C13H12FNO2/c1-8(2)12-15-11(13(16)17-12)7-9-4-3-5-10(14)6-9/h3-8H,1-2H3/b11-7+. The van der Waals surface area contributed by atoms with E-state index in [1.54, 1.807) is 12.1 Å². The van der Waals surface area contributed by atoms with E-state index in [9.17, 15) is 9.18 Å². The Balaban J connectivity index is 2.31. The van der Waals surface area contributed by atoms with Crippen molar-refractivity contribution in [2.75, 3.05) is 0 Å². The minimum absolute atomic E-state index is 0.0531. The highest BCUT2D eigenvalue weighted by atomic mass is 19.1. The molecule has 0 amide bonds. The lowest BCUT2D eigenvalue weighted by Gasteiger charge is -1.99. The van der Waals surface area contributed by atoms with Gasteiger partial charge in [0, 0.05) is 5.92 Å². The van der Waals surface area contributed by atoms with E-state index in [1.165, 1.54) is 18.2 Å². The topological polar surface area (TPSA) is 38.7 Å². The summed E-state index contributed by atoms with van der Waals surface area (Å²) in [5.41, 5.74) is 0.796. The number of aliphatic imine (C=N–C) groups is 1. The molecule has 0 unspecified atom stereocenters. The number of carbonyl (C=O) groups excluding carboxylic acids is 1. The van der Waals surface area contributed by atoms with Gasteiger partial charge in [0.15, 0.2) is 5.70 Å². The molecule has 1 aromatic rings. The molecular weight excluding hydrogens is 221 g/mol. The van der Waals surface area contributed by atoms with Crippen molar-refractivity contribution >= 4 is 17.9 Å². The van der Waals surface area contributed by atoms with E-state index in [2.05, 4.69) is 4.99 Å². The maximum atomic E-state index is 13.0. The predicted molar refractivity (Wildman–Crippen MR) is 62.7 cm³/mol. The highest BCUT2D eigenvalue weighted by Crippen LogP contribution is 2.18. The van der Waals surface area contributed by atoms with Gasteiger partial charge in [0.1, 0.15) is 5.82 Å². The second-order valence-electron chi connectivity index (χ2n) is 4.08. The molecule has 0 aromatic heterocycles. The van der Waals surface area contributed by atoms with Crippen LogP contribution in [0.1, 0.15) is 19.4 Å². The Hall–Kier alpha value is -1.97. The van der Waals surface area contributed by atoms with Crippen LogP contribution in [0.15, 0.2) is 35.0 Å². The number of carbonyl (C=O) groups is 1. The van der Waals surface area contributed by atoms with Gasteiger partial charge in [0.2, 0.25) is 5.90 Å². The van der Waals surface area contributed by atoms with Crippen molar-refractivity contribution in [2.24, 2.45) is 10.9 Å². The van der Waals surface area contributed by atoms with Crippen LogP contribution in [0.5, 0.6) is 0 Å². The van der Waals surface area contributed by atoms with Crippen molar-refractivity contribution < 1.29 is 13.9 Å². The summed E-state index contributed by atoms with van der Waals surface area (Å²) in [5.74, 6) is -0.383. The first-order chi connectivity index (χ1) is 8.06. The summed E-state index contributed by atoms with van der Waals surface area (Å²) in [7, 11) is 0. The zero-order valence-corrected chi connectivity index (χ0v) is 9.61. The molecule has 0 saturated carbocycles. The van der Waals surface area contributed by atoms with Crippen LogP contribution in [0.3, 0.4) is 0 Å². The van der Waals surface area contributed by atoms with Gasteiger partial charge in [-0.25, -0.2) is 14.2 Å². The number of rotatable bonds is 2. The summed E-state index contributed by atoms with van der Waals surface area (Å²) in [5, 5.41) is 0. The zero-order chi connectivity index (χ0) is 12.4. The van der Waals surface area contributed by atoms with Crippen molar-refractivity contribution in [1.29, 1.82) is 0 Å². The van der Waals surface area contributed by atoms with Gasteiger partial charge >= 0.3 is 5.97 Å². The molecule has 1 aliphatic heterocycles. The Morgan fingerprint density at radius 1 is 1.41 bits per heavy atom. The Bertz CT molecular complexity index is 518. The zero-order valence-electron chi connectivity index (χ0n) is 9.61. The molecule has 2 rings (SSSR count). The van der Waals surface area contributed by atoms with E-state index in [-0.39, 0.29) is 17.4 Å². The summed E-state index contributed by atoms with van der Waals surface area (Å²) in [6, 6.07) is 5.96. The Morgan fingerprint density at radius 3 is 2.76 bits per heavy atom. The molecule has 0 N–H and O–H groups in total. The first-order valence-electron chi connectivity index (χ1n) is 5.34. The molecular formula is C13H12FNO2. The van der Waals surface area contributed by atoms with E-state index in [0.717, 1.165) is 0 Å². The van der Waals surface area contributed by atoms with Crippen LogP contribution in [-0.4, -0.2) is 11.9 Å². The fourth-order valence-corrected chi connectivity index (χ4v) is 1.43. The monoisotopic (exact) mass is 233 g/mol. The van der Waals surface area contributed by atoms with Crippen LogP contribution in [0, 0.1) is 11.7 Å². The average molecular weight is 233 g/mol. The van der Waals surface area contributed by atoms with E-state index in [0.29, 0.717) is 11.5 Å². The van der Waals surface area contributed by atoms with Crippen LogP contribution in [-0.2, 0) is 9.53 Å². The summed E-state index contributed by atoms with van der Waals surface area (Å²) in [4.78, 5) is 15.6. The van der Waals surface area contributed by atoms with Gasteiger partial charge in [0.05, 0.1) is 0 Å². The highest BCUT2D eigenvalue weighted by molar-refractivity contribution is 6.07. The molecule has 1 heterocycles. The van der Waals surface area contributed by atoms with Gasteiger partial charge in [0.25, 0.3) is 0 Å². The van der Waals surface area contributed by atoms with Crippen molar-refractivity contribution in [2.45, 2.75) is 13.8 Å². The van der Waals surface area contributed by atoms with Crippen LogP contribution >= 0.6 is 0 Å². The maximum Gasteiger partial charge on any atom is 0.363 e. The SMILES string of the molecule is CC(C)C1=N/C(=C/c2cccc(F)c2)C(=O)O1. The summed E-state index contributed by atoms with van der Waals surface area (Å²) in [6.45, 7) is 3.77. The summed E-state index contributed by atoms with van der Waals surface area (Å²) < 4.78 is 17.9. The molecule has 17 heavy (non-hydrogen) atoms. The van der Waals surface area contributed by atoms with Gasteiger partial charge < -0.3 is 4.74 Å². The Labute approximate surface area is 98.6 Å². The third-order valence-corrected chi connectivity index (χ3v) is 2.28. The number of esters is 1. The maximum absolute atomic E-state index is 13.0. The number of cyclic esters (lactones) is 1. The summed E-state index contributed by atoms with van der Waals surface area (Å²) >= 11 is 0. The number of nitrogens with zero attached hydrogens (tertiary/aromatic N) is 1. The number of hydrogen-bond acceptors (Lipinski definition) is 3. The van der Waals surface area contributed by atoms with E-state index >= 15 is 0 Å². The molecule has 0 saturated heterocycles. The van der Waals surface area contributed by atoms with E-state index in [1.807, 2.05) is 13.8 Å². The van der Waals surface area contributed by atoms with Crippen LogP contribution < -0.4 is 0 Å². The first-order valence-corrected chi connectivity index (χ1v) is 5.34. The Morgan fingerprint density at radius 2 is 2.18 bits per heavy atom. The lowest BCUT2D eigenvalue weighted by molar-refractivity contribution is -0.130. The summed E-state index contributed by atoms with van der Waals surface area (Å²) in [6.07, 6.45) is 1.51. The first kappa shape index (κ1) is 11.5. The smallest absolute Gasteiger partial charge is 0.363 e. The molecule has 1 aromatic carbocycles. The minimum atomic E-state index is -0.488. The normalized spacial score (nSPS) is 17.5. The number of hydrogen-bond donors (Lipinski definition) is 0. The molecule has 0 fully saturated rings. The van der Waals surface area contributed by atoms with Gasteiger partial charge in [-0.3, -0.25) is 0 Å². The molecule has 0 bridgehead atoms. The molecule has 0 radical (unpaired) electrons. The number of ether oxygens (including phenoxy) is 1. The molecule has 1 aliphatic rings. The third-order valence-electron chi connectivity index (χ3n) is 2.28. The van der Waals surface area contributed by atoms with Crippen LogP contribution in [0.4, 0.5) is 4.39 Å². The number of benzene rings is 1. The molecule has 88 valence electrons. The fraction of sp³-hybridized carbons (Fsp3) is 0.231. The van der Waals surface area contributed by atoms with Crippen molar-refractivity contribution in [3.05, 3.63) is 41.3 Å². The second kappa shape index (κ2) is 4.49. The molecule has 0 atom stereocenters.